The Bertz CT molecular complexity index is 567. The van der Waals surface area contributed by atoms with Crippen LogP contribution in [0.2, 0.25) is 0 Å². The van der Waals surface area contributed by atoms with Gasteiger partial charge in [-0.2, -0.15) is 0 Å². The average Bonchev–Trinajstić information content (AvgIpc) is 2.90. The summed E-state index contributed by atoms with van der Waals surface area (Å²) in [5, 5.41) is 0. The minimum atomic E-state index is 0.422. The molecule has 19 heavy (non-hydrogen) atoms. The molecule has 0 saturated heterocycles. The van der Waals surface area contributed by atoms with Gasteiger partial charge in [-0.05, 0) is 30.5 Å². The molecule has 0 spiro atoms. The minimum Gasteiger partial charge on any atom is -0.467 e. The average molecular weight is 292 g/mol. The van der Waals surface area contributed by atoms with Crippen LogP contribution in [0.1, 0.15) is 11.3 Å². The Morgan fingerprint density at radius 3 is 2.74 bits per heavy atom. The molecule has 5 heteroatoms. The van der Waals surface area contributed by atoms with Crippen molar-refractivity contribution in [2.24, 2.45) is 5.73 Å². The second-order valence-corrected chi connectivity index (χ2v) is 5.44. The third-order valence-electron chi connectivity index (χ3n) is 2.85. The predicted molar refractivity (Wildman–Crippen MR) is 84.9 cm³/mol. The Kier molecular flexibility index (Phi) is 4.50. The highest BCUT2D eigenvalue weighted by Gasteiger charge is 2.14. The maximum Gasteiger partial charge on any atom is 0.123 e. The summed E-state index contributed by atoms with van der Waals surface area (Å²) in [4.78, 5) is 3.61. The van der Waals surface area contributed by atoms with E-state index >= 15 is 0 Å². The summed E-state index contributed by atoms with van der Waals surface area (Å²) in [5.41, 5.74) is 7.82. The van der Waals surface area contributed by atoms with Gasteiger partial charge in [0.25, 0.3) is 0 Å². The quantitative estimate of drug-likeness (QED) is 0.676. The van der Waals surface area contributed by atoms with E-state index in [-0.39, 0.29) is 0 Å². The van der Waals surface area contributed by atoms with Crippen molar-refractivity contribution in [3.8, 4) is 0 Å². The van der Waals surface area contributed by atoms with Crippen LogP contribution in [0.4, 0.5) is 5.69 Å². The molecule has 1 aromatic heterocycles. The van der Waals surface area contributed by atoms with Crippen molar-refractivity contribution in [2.75, 3.05) is 18.2 Å². The van der Waals surface area contributed by atoms with Crippen LogP contribution in [-0.4, -0.2) is 18.3 Å². The number of rotatable bonds is 5. The number of thiocarbonyl (C=S) groups is 1. The number of thioether (sulfide) groups is 1. The number of nitrogens with two attached hydrogens (primary N) is 1. The van der Waals surface area contributed by atoms with Gasteiger partial charge in [-0.3, -0.25) is 0 Å². The second kappa shape index (κ2) is 6.12. The first-order chi connectivity index (χ1) is 9.13. The molecule has 2 aromatic rings. The minimum absolute atomic E-state index is 0.422. The van der Waals surface area contributed by atoms with E-state index in [1.807, 2.05) is 43.6 Å². The van der Waals surface area contributed by atoms with E-state index in [2.05, 4.69) is 4.90 Å². The third kappa shape index (κ3) is 3.11. The summed E-state index contributed by atoms with van der Waals surface area (Å²) in [7, 11) is 2.00. The van der Waals surface area contributed by atoms with Crippen molar-refractivity contribution in [1.29, 1.82) is 0 Å². The van der Waals surface area contributed by atoms with Crippen molar-refractivity contribution in [1.82, 2.24) is 0 Å². The lowest BCUT2D eigenvalue weighted by Gasteiger charge is -2.22. The molecule has 1 heterocycles. The van der Waals surface area contributed by atoms with Gasteiger partial charge in [-0.1, -0.05) is 18.3 Å². The van der Waals surface area contributed by atoms with Gasteiger partial charge in [0.1, 0.15) is 10.7 Å². The molecule has 100 valence electrons. The van der Waals surface area contributed by atoms with Gasteiger partial charge < -0.3 is 15.1 Å². The lowest BCUT2D eigenvalue weighted by Crippen LogP contribution is -2.22. The molecule has 0 radical (unpaired) electrons. The van der Waals surface area contributed by atoms with E-state index in [0.717, 1.165) is 21.9 Å². The SMILES string of the molecule is CSc1cccc(N(C)Cc2ccco2)c1C(N)=S. The highest BCUT2D eigenvalue weighted by atomic mass is 32.2. The van der Waals surface area contributed by atoms with E-state index in [0.29, 0.717) is 11.5 Å². The second-order valence-electron chi connectivity index (χ2n) is 4.15. The number of nitrogens with zero attached hydrogens (tertiary/aromatic N) is 1. The maximum absolute atomic E-state index is 5.87. The first-order valence-corrected chi connectivity index (χ1v) is 7.47. The molecular weight excluding hydrogens is 276 g/mol. The van der Waals surface area contributed by atoms with Crippen LogP contribution in [-0.2, 0) is 6.54 Å². The van der Waals surface area contributed by atoms with Gasteiger partial charge in [0.05, 0.1) is 12.8 Å². The Balaban J connectivity index is 2.35. The topological polar surface area (TPSA) is 42.4 Å². The first-order valence-electron chi connectivity index (χ1n) is 5.83. The van der Waals surface area contributed by atoms with Crippen LogP contribution < -0.4 is 10.6 Å². The zero-order valence-electron chi connectivity index (χ0n) is 10.9. The van der Waals surface area contributed by atoms with Gasteiger partial charge in [-0.15, -0.1) is 11.8 Å². The molecule has 0 unspecified atom stereocenters. The van der Waals surface area contributed by atoms with Gasteiger partial charge >= 0.3 is 0 Å². The molecule has 2 rings (SSSR count). The largest absolute Gasteiger partial charge is 0.467 e. The predicted octanol–water partition coefficient (Wildman–Crippen LogP) is 3.27. The van der Waals surface area contributed by atoms with Crippen molar-refractivity contribution in [3.63, 3.8) is 0 Å². The molecule has 0 bridgehead atoms. The standard InChI is InChI=1S/C14H16N2OS2/c1-16(9-10-5-4-8-17-10)11-6-3-7-12(19-2)13(11)14(15)18/h3-8H,9H2,1-2H3,(H2,15,18). The highest BCUT2D eigenvalue weighted by Crippen LogP contribution is 2.29. The number of furan rings is 1. The van der Waals surface area contributed by atoms with Crippen LogP contribution in [0.3, 0.4) is 0 Å². The van der Waals surface area contributed by atoms with Crippen LogP contribution in [0, 0.1) is 0 Å². The number of benzene rings is 1. The Labute approximate surface area is 122 Å². The van der Waals surface area contributed by atoms with Crippen LogP contribution in [0.5, 0.6) is 0 Å². The van der Waals surface area contributed by atoms with Gasteiger partial charge in [-0.25, -0.2) is 0 Å². The molecule has 0 aliphatic rings. The molecule has 0 fully saturated rings. The molecule has 0 amide bonds. The fraction of sp³-hybridized carbons (Fsp3) is 0.214. The van der Waals surface area contributed by atoms with E-state index in [1.165, 1.54) is 0 Å². The van der Waals surface area contributed by atoms with Crippen molar-refractivity contribution in [2.45, 2.75) is 11.4 Å². The molecule has 0 aliphatic heterocycles. The van der Waals surface area contributed by atoms with Crippen molar-refractivity contribution in [3.05, 3.63) is 47.9 Å². The van der Waals surface area contributed by atoms with Crippen molar-refractivity contribution < 1.29 is 4.42 Å². The Morgan fingerprint density at radius 2 is 2.16 bits per heavy atom. The third-order valence-corrected chi connectivity index (χ3v) is 3.84. The summed E-state index contributed by atoms with van der Waals surface area (Å²) < 4.78 is 5.37. The Morgan fingerprint density at radius 1 is 1.37 bits per heavy atom. The molecule has 0 saturated carbocycles. The molecule has 0 aliphatic carbocycles. The monoisotopic (exact) mass is 292 g/mol. The molecular formula is C14H16N2OS2. The smallest absolute Gasteiger partial charge is 0.123 e. The van der Waals surface area contributed by atoms with Crippen LogP contribution in [0.25, 0.3) is 0 Å². The highest BCUT2D eigenvalue weighted by molar-refractivity contribution is 7.98. The van der Waals surface area contributed by atoms with E-state index < -0.39 is 0 Å². The zero-order chi connectivity index (χ0) is 13.8. The summed E-state index contributed by atoms with van der Waals surface area (Å²) in [6, 6.07) is 9.91. The number of hydrogen-bond acceptors (Lipinski definition) is 4. The maximum atomic E-state index is 5.87. The lowest BCUT2D eigenvalue weighted by molar-refractivity contribution is 0.507. The van der Waals surface area contributed by atoms with E-state index in [9.17, 15) is 0 Å². The summed E-state index contributed by atoms with van der Waals surface area (Å²) in [6.45, 7) is 0.681. The zero-order valence-corrected chi connectivity index (χ0v) is 12.6. The van der Waals surface area contributed by atoms with Gasteiger partial charge in [0.2, 0.25) is 0 Å². The molecule has 2 N–H and O–H groups in total. The molecule has 0 atom stereocenters. The summed E-state index contributed by atoms with van der Waals surface area (Å²) in [5.74, 6) is 0.908. The number of anilines is 1. The summed E-state index contributed by atoms with van der Waals surface area (Å²) >= 11 is 6.83. The fourth-order valence-corrected chi connectivity index (χ4v) is 2.89. The van der Waals surface area contributed by atoms with E-state index in [1.54, 1.807) is 18.0 Å². The number of hydrogen-bond donors (Lipinski definition) is 1. The molecule has 1 aromatic carbocycles. The fourth-order valence-electron chi connectivity index (χ4n) is 1.98. The van der Waals surface area contributed by atoms with Crippen LogP contribution >= 0.6 is 24.0 Å². The van der Waals surface area contributed by atoms with Crippen LogP contribution in [0.15, 0.2) is 45.9 Å². The molecule has 3 nitrogen and oxygen atoms in total. The first kappa shape index (κ1) is 14.0. The van der Waals surface area contributed by atoms with E-state index in [4.69, 9.17) is 22.4 Å². The lowest BCUT2D eigenvalue weighted by atomic mass is 10.1. The normalized spacial score (nSPS) is 10.4. The van der Waals surface area contributed by atoms with Crippen molar-refractivity contribution >= 4 is 34.7 Å². The Hall–Kier alpha value is -1.46. The van der Waals surface area contributed by atoms with Gasteiger partial charge in [0.15, 0.2) is 0 Å². The van der Waals surface area contributed by atoms with Gasteiger partial charge in [0, 0.05) is 23.2 Å². The summed E-state index contributed by atoms with van der Waals surface area (Å²) in [6.07, 6.45) is 3.70.